The van der Waals surface area contributed by atoms with Gasteiger partial charge in [0.2, 0.25) is 0 Å². The fraction of sp³-hybridized carbons (Fsp3) is 0.387. The van der Waals surface area contributed by atoms with Crippen molar-refractivity contribution in [1.82, 2.24) is 4.98 Å². The van der Waals surface area contributed by atoms with E-state index in [0.717, 1.165) is 61.3 Å². The maximum atomic E-state index is 6.46. The van der Waals surface area contributed by atoms with Gasteiger partial charge in [0, 0.05) is 5.02 Å². The van der Waals surface area contributed by atoms with E-state index in [0.29, 0.717) is 5.02 Å². The summed E-state index contributed by atoms with van der Waals surface area (Å²) in [6, 6.07) is 12.8. The minimum absolute atomic E-state index is 0. The number of benzene rings is 2. The summed E-state index contributed by atoms with van der Waals surface area (Å²) in [5, 5.41) is 0.628. The predicted molar refractivity (Wildman–Crippen MR) is 153 cm³/mol. The van der Waals surface area contributed by atoms with Crippen LogP contribution in [-0.2, 0) is 55.3 Å². The van der Waals surface area contributed by atoms with Crippen LogP contribution in [0, 0.1) is 0 Å². The first-order chi connectivity index (χ1) is 17.0. The van der Waals surface area contributed by atoms with E-state index in [2.05, 4.69) is 65.8 Å². The number of pyridine rings is 1. The molecule has 0 saturated carbocycles. The second kappa shape index (κ2) is 17.8. The minimum Gasteiger partial charge on any atom is -1.00 e. The van der Waals surface area contributed by atoms with Gasteiger partial charge in [-0.1, -0.05) is 77.4 Å². The van der Waals surface area contributed by atoms with Crippen molar-refractivity contribution in [2.75, 3.05) is 0 Å². The zero-order chi connectivity index (χ0) is 25.4. The molecule has 0 saturated heterocycles. The molecule has 2 aromatic carbocycles. The van der Waals surface area contributed by atoms with Crippen molar-refractivity contribution < 1.29 is 41.6 Å². The molecule has 0 fully saturated rings. The number of nitrogens with zero attached hydrogens (tertiary/aromatic N) is 3. The Labute approximate surface area is 257 Å². The predicted octanol–water partition coefficient (Wildman–Crippen LogP) is 2.62. The Morgan fingerprint density at radius 1 is 0.579 bits per heavy atom. The summed E-state index contributed by atoms with van der Waals surface area (Å²) >= 11 is 6.46. The Morgan fingerprint density at radius 3 is 1.16 bits per heavy atom. The summed E-state index contributed by atoms with van der Waals surface area (Å²) in [7, 11) is 0. The van der Waals surface area contributed by atoms with Crippen molar-refractivity contribution in [2.45, 2.75) is 80.1 Å². The maximum Gasteiger partial charge on any atom is 2.00 e. The molecule has 0 aliphatic heterocycles. The van der Waals surface area contributed by atoms with Crippen LogP contribution < -0.4 is 24.8 Å². The van der Waals surface area contributed by atoms with Gasteiger partial charge >= 0.3 is 16.8 Å². The molecule has 1 aromatic heterocycles. The first-order valence-corrected chi connectivity index (χ1v) is 13.4. The average Bonchev–Trinajstić information content (AvgIpc) is 2.89. The molecule has 0 bridgehead atoms. The normalized spacial score (nSPS) is 10.8. The molecule has 207 valence electrons. The number of aromatic nitrogens is 1. The van der Waals surface area contributed by atoms with Gasteiger partial charge in [0.25, 0.3) is 0 Å². The number of hydrogen-bond donors (Lipinski definition) is 0. The SMILES string of the molecule is CCc1cc(CC)c(N=Cc2cc(Cl)cc(C=Nc3c(CC)cc(CC)cc3CC)n2)c(CC)c1.[Cl-].[Cl-].[Co+2]. The molecule has 7 heteroatoms. The van der Waals surface area contributed by atoms with Crippen LogP contribution in [0.5, 0.6) is 0 Å². The molecule has 0 amide bonds. The van der Waals surface area contributed by atoms with Crippen LogP contribution in [0.1, 0.15) is 86.3 Å². The number of aliphatic imine (C=N–C) groups is 2. The summed E-state index contributed by atoms with van der Waals surface area (Å²) in [4.78, 5) is 14.5. The molecule has 0 spiro atoms. The quantitative estimate of drug-likeness (QED) is 0.323. The van der Waals surface area contributed by atoms with Crippen molar-refractivity contribution in [3.05, 3.63) is 86.2 Å². The number of hydrogen-bond acceptors (Lipinski definition) is 3. The zero-order valence-corrected chi connectivity index (χ0v) is 26.5. The Bertz CT molecular complexity index is 1100. The van der Waals surface area contributed by atoms with Crippen LogP contribution in [0.2, 0.25) is 5.02 Å². The first kappa shape index (κ1) is 36.3. The standard InChI is InChI=1S/C31H38ClN3.2ClH.Co/c1-7-21-13-23(9-3)30(24(10-4)14-21)33-19-28-17-27(32)18-29(35-28)20-34-31-25(11-5)15-22(8-2)16-26(31)12-6;;;/h13-20H,7-12H2,1-6H3;2*1H;/q;;;+2/p-2. The van der Waals surface area contributed by atoms with Gasteiger partial charge < -0.3 is 24.8 Å². The third-order valence-electron chi connectivity index (χ3n) is 6.48. The van der Waals surface area contributed by atoms with Crippen LogP contribution in [0.3, 0.4) is 0 Å². The fourth-order valence-corrected chi connectivity index (χ4v) is 4.64. The van der Waals surface area contributed by atoms with E-state index in [-0.39, 0.29) is 41.6 Å². The summed E-state index contributed by atoms with van der Waals surface area (Å²) in [6.45, 7) is 13.1. The molecule has 3 rings (SSSR count). The number of halogens is 3. The molecule has 38 heavy (non-hydrogen) atoms. The van der Waals surface area contributed by atoms with Crippen molar-refractivity contribution in [3.63, 3.8) is 0 Å². The van der Waals surface area contributed by atoms with Gasteiger partial charge in [0.1, 0.15) is 0 Å². The minimum atomic E-state index is 0. The molecule has 0 atom stereocenters. The van der Waals surface area contributed by atoms with Crippen molar-refractivity contribution in [3.8, 4) is 0 Å². The van der Waals surface area contributed by atoms with Gasteiger partial charge in [-0.2, -0.15) is 0 Å². The van der Waals surface area contributed by atoms with E-state index >= 15 is 0 Å². The maximum absolute atomic E-state index is 6.46. The smallest absolute Gasteiger partial charge is 1.00 e. The third-order valence-corrected chi connectivity index (χ3v) is 6.70. The van der Waals surface area contributed by atoms with Crippen LogP contribution >= 0.6 is 11.6 Å². The van der Waals surface area contributed by atoms with Gasteiger partial charge in [-0.15, -0.1) is 0 Å². The van der Waals surface area contributed by atoms with Crippen LogP contribution in [-0.4, -0.2) is 17.4 Å². The van der Waals surface area contributed by atoms with Crippen molar-refractivity contribution in [2.24, 2.45) is 9.98 Å². The summed E-state index contributed by atoms with van der Waals surface area (Å²) in [5.41, 5.74) is 11.4. The van der Waals surface area contributed by atoms with Crippen molar-refractivity contribution >= 4 is 35.4 Å². The molecule has 3 nitrogen and oxygen atoms in total. The van der Waals surface area contributed by atoms with Gasteiger partial charge in [-0.05, 0) is 84.0 Å². The second-order valence-corrected chi connectivity index (χ2v) is 9.23. The zero-order valence-electron chi connectivity index (χ0n) is 23.2. The molecular formula is C31H38Cl3CoN3. The van der Waals surface area contributed by atoms with Gasteiger partial charge in [-0.3, -0.25) is 9.98 Å². The number of rotatable bonds is 10. The Hall–Kier alpha value is -1.69. The molecule has 0 unspecified atom stereocenters. The fourth-order valence-electron chi connectivity index (χ4n) is 4.41. The van der Waals surface area contributed by atoms with Crippen molar-refractivity contribution in [1.29, 1.82) is 0 Å². The van der Waals surface area contributed by atoms with E-state index in [4.69, 9.17) is 26.6 Å². The molecule has 0 aliphatic rings. The summed E-state index contributed by atoms with van der Waals surface area (Å²) in [6.07, 6.45) is 9.51. The number of aryl methyl sites for hydroxylation is 6. The molecule has 3 aromatic rings. The van der Waals surface area contributed by atoms with E-state index < -0.39 is 0 Å². The van der Waals surface area contributed by atoms with E-state index in [1.807, 2.05) is 24.6 Å². The molecule has 1 heterocycles. The topological polar surface area (TPSA) is 37.6 Å². The molecule has 0 N–H and O–H groups in total. The van der Waals surface area contributed by atoms with Gasteiger partial charge in [0.15, 0.2) is 0 Å². The van der Waals surface area contributed by atoms with E-state index in [9.17, 15) is 0 Å². The van der Waals surface area contributed by atoms with E-state index in [1.54, 1.807) is 0 Å². The molecular weight excluding hydrogens is 580 g/mol. The van der Waals surface area contributed by atoms with Gasteiger partial charge in [0.05, 0.1) is 35.2 Å². The van der Waals surface area contributed by atoms with Crippen LogP contribution in [0.25, 0.3) is 0 Å². The Kier molecular flexibility index (Phi) is 17.0. The summed E-state index contributed by atoms with van der Waals surface area (Å²) in [5.74, 6) is 0. The van der Waals surface area contributed by atoms with E-state index in [1.165, 1.54) is 33.4 Å². The van der Waals surface area contributed by atoms with Crippen LogP contribution in [0.15, 0.2) is 46.4 Å². The Balaban J connectivity index is 0.00000456. The largest absolute Gasteiger partial charge is 2.00 e. The second-order valence-electron chi connectivity index (χ2n) is 8.80. The third kappa shape index (κ3) is 9.20. The van der Waals surface area contributed by atoms with Crippen LogP contribution in [0.4, 0.5) is 11.4 Å². The molecule has 0 aliphatic carbocycles. The molecule has 1 radical (unpaired) electrons. The Morgan fingerprint density at radius 2 is 0.895 bits per heavy atom. The van der Waals surface area contributed by atoms with Gasteiger partial charge in [-0.25, -0.2) is 4.98 Å². The average molecular weight is 618 g/mol. The monoisotopic (exact) mass is 616 g/mol. The summed E-state index contributed by atoms with van der Waals surface area (Å²) < 4.78 is 0. The first-order valence-electron chi connectivity index (χ1n) is 13.0.